The number of anilines is 1. The fourth-order valence-corrected chi connectivity index (χ4v) is 4.28. The molecule has 0 unspecified atom stereocenters. The van der Waals surface area contributed by atoms with Crippen LogP contribution >= 0.6 is 23.2 Å². The van der Waals surface area contributed by atoms with Gasteiger partial charge in [-0.3, -0.25) is 9.59 Å². The Labute approximate surface area is 180 Å². The maximum Gasteiger partial charge on any atom is 0.282 e. The fraction of sp³-hybridized carbons (Fsp3) is 0.273. The summed E-state index contributed by atoms with van der Waals surface area (Å²) in [6.45, 7) is 4.90. The predicted octanol–water partition coefficient (Wildman–Crippen LogP) is 3.83. The molecule has 0 N–H and O–H groups in total. The summed E-state index contributed by atoms with van der Waals surface area (Å²) in [6.07, 6.45) is 0. The number of likely N-dealkylation sites (N-methyl/N-ethyl adjacent to an activating group) is 1. The van der Waals surface area contributed by atoms with Crippen LogP contribution in [0.1, 0.15) is 11.1 Å². The van der Waals surface area contributed by atoms with Crippen molar-refractivity contribution in [2.24, 2.45) is 0 Å². The Morgan fingerprint density at radius 3 is 2.28 bits per heavy atom. The van der Waals surface area contributed by atoms with E-state index < -0.39 is 0 Å². The van der Waals surface area contributed by atoms with Gasteiger partial charge in [-0.2, -0.15) is 0 Å². The molecule has 2 heterocycles. The summed E-state index contributed by atoms with van der Waals surface area (Å²) in [5, 5.41) is 0.833. The van der Waals surface area contributed by atoms with E-state index in [1.807, 2.05) is 37.1 Å². The van der Waals surface area contributed by atoms with Crippen LogP contribution in [0.2, 0.25) is 10.0 Å². The Kier molecular flexibility index (Phi) is 5.38. The van der Waals surface area contributed by atoms with Crippen molar-refractivity contribution in [1.29, 1.82) is 0 Å². The van der Waals surface area contributed by atoms with Crippen molar-refractivity contribution >= 4 is 46.3 Å². The number of hydrogen-bond donors (Lipinski definition) is 0. The Hall–Kier alpha value is -2.34. The van der Waals surface area contributed by atoms with Crippen molar-refractivity contribution in [1.82, 2.24) is 9.80 Å². The van der Waals surface area contributed by atoms with Crippen molar-refractivity contribution in [2.45, 2.75) is 6.92 Å². The van der Waals surface area contributed by atoms with E-state index in [9.17, 15) is 9.59 Å². The van der Waals surface area contributed by atoms with E-state index in [-0.39, 0.29) is 11.8 Å². The second-order valence-corrected chi connectivity index (χ2v) is 8.27. The molecule has 2 aliphatic heterocycles. The molecular formula is C22H21Cl2N3O2. The number of benzene rings is 2. The third-order valence-corrected chi connectivity index (χ3v) is 5.89. The molecule has 2 aromatic carbocycles. The summed E-state index contributed by atoms with van der Waals surface area (Å²) in [5.74, 6) is -0.676. The van der Waals surface area contributed by atoms with Crippen molar-refractivity contribution < 1.29 is 9.59 Å². The molecule has 29 heavy (non-hydrogen) atoms. The predicted molar refractivity (Wildman–Crippen MR) is 116 cm³/mol. The van der Waals surface area contributed by atoms with Crippen LogP contribution in [0, 0.1) is 6.92 Å². The van der Waals surface area contributed by atoms with E-state index in [0.29, 0.717) is 45.7 Å². The van der Waals surface area contributed by atoms with E-state index in [0.717, 1.165) is 18.7 Å². The molecule has 2 amide bonds. The van der Waals surface area contributed by atoms with Gasteiger partial charge in [0.1, 0.15) is 5.70 Å². The second-order valence-electron chi connectivity index (χ2n) is 7.42. The smallest absolute Gasteiger partial charge is 0.282 e. The summed E-state index contributed by atoms with van der Waals surface area (Å²) in [7, 11) is 2.05. The summed E-state index contributed by atoms with van der Waals surface area (Å²) < 4.78 is 0. The average molecular weight is 430 g/mol. The maximum atomic E-state index is 13.5. The number of imide groups is 1. The van der Waals surface area contributed by atoms with E-state index in [1.165, 1.54) is 4.90 Å². The monoisotopic (exact) mass is 429 g/mol. The Balaban J connectivity index is 1.85. The first kappa shape index (κ1) is 20.0. The molecule has 2 aliphatic rings. The molecule has 0 aromatic heterocycles. The molecule has 0 spiro atoms. The van der Waals surface area contributed by atoms with Crippen molar-refractivity contribution in [3.05, 3.63) is 69.3 Å². The van der Waals surface area contributed by atoms with Gasteiger partial charge in [-0.05, 0) is 43.8 Å². The van der Waals surface area contributed by atoms with Gasteiger partial charge < -0.3 is 9.80 Å². The van der Waals surface area contributed by atoms with E-state index in [1.54, 1.807) is 24.3 Å². The molecule has 7 heteroatoms. The van der Waals surface area contributed by atoms with Crippen molar-refractivity contribution in [2.75, 3.05) is 38.1 Å². The molecule has 0 atom stereocenters. The minimum atomic E-state index is -0.362. The van der Waals surface area contributed by atoms with Gasteiger partial charge in [-0.25, -0.2) is 4.90 Å². The number of amides is 2. The van der Waals surface area contributed by atoms with Gasteiger partial charge in [0.15, 0.2) is 0 Å². The zero-order chi connectivity index (χ0) is 20.7. The lowest BCUT2D eigenvalue weighted by Gasteiger charge is -2.34. The normalized spacial score (nSPS) is 18.2. The van der Waals surface area contributed by atoms with Gasteiger partial charge in [0.2, 0.25) is 0 Å². The maximum absolute atomic E-state index is 13.5. The molecule has 150 valence electrons. The van der Waals surface area contributed by atoms with Gasteiger partial charge in [0, 0.05) is 36.8 Å². The minimum absolute atomic E-state index is 0.314. The first-order chi connectivity index (χ1) is 13.9. The molecule has 0 aliphatic carbocycles. The van der Waals surface area contributed by atoms with E-state index >= 15 is 0 Å². The highest BCUT2D eigenvalue weighted by Crippen LogP contribution is 2.38. The number of aryl methyl sites for hydroxylation is 1. The largest absolute Gasteiger partial charge is 0.364 e. The van der Waals surface area contributed by atoms with Crippen LogP contribution in [0.15, 0.2) is 48.2 Å². The molecule has 5 nitrogen and oxygen atoms in total. The molecule has 0 radical (unpaired) electrons. The average Bonchev–Trinajstić information content (AvgIpc) is 2.93. The number of halogens is 2. The first-order valence-corrected chi connectivity index (χ1v) is 10.2. The van der Waals surface area contributed by atoms with Gasteiger partial charge in [-0.15, -0.1) is 0 Å². The molecule has 2 aromatic rings. The summed E-state index contributed by atoms with van der Waals surface area (Å²) in [4.78, 5) is 32.4. The van der Waals surface area contributed by atoms with Crippen molar-refractivity contribution in [3.8, 4) is 0 Å². The van der Waals surface area contributed by atoms with Crippen molar-refractivity contribution in [3.63, 3.8) is 0 Å². The van der Waals surface area contributed by atoms with Crippen LogP contribution in [0.5, 0.6) is 0 Å². The zero-order valence-corrected chi connectivity index (χ0v) is 17.8. The SMILES string of the molecule is Cc1cccc(N2C(=O)C(c3ccc(Cl)cc3Cl)=C(N3CCN(C)CC3)C2=O)c1. The van der Waals surface area contributed by atoms with Crippen LogP contribution in [0.3, 0.4) is 0 Å². The lowest BCUT2D eigenvalue weighted by molar-refractivity contribution is -0.120. The molecular weight excluding hydrogens is 409 g/mol. The van der Waals surface area contributed by atoms with Gasteiger partial charge in [0.05, 0.1) is 16.3 Å². The van der Waals surface area contributed by atoms with E-state index in [2.05, 4.69) is 4.90 Å². The number of nitrogens with zero attached hydrogens (tertiary/aromatic N) is 3. The number of carbonyl (C=O) groups is 2. The first-order valence-electron chi connectivity index (χ1n) is 9.45. The third kappa shape index (κ3) is 3.66. The molecule has 1 fully saturated rings. The lowest BCUT2D eigenvalue weighted by atomic mass is 10.0. The summed E-state index contributed by atoms with van der Waals surface area (Å²) >= 11 is 12.5. The summed E-state index contributed by atoms with van der Waals surface area (Å²) in [6, 6.07) is 12.4. The van der Waals surface area contributed by atoms with E-state index in [4.69, 9.17) is 23.2 Å². The highest BCUT2D eigenvalue weighted by molar-refractivity contribution is 6.47. The van der Waals surface area contributed by atoms with Crippen LogP contribution in [0.4, 0.5) is 5.69 Å². The van der Waals surface area contributed by atoms with Gasteiger partial charge in [0.25, 0.3) is 11.8 Å². The highest BCUT2D eigenvalue weighted by Gasteiger charge is 2.43. The van der Waals surface area contributed by atoms with Gasteiger partial charge in [-0.1, -0.05) is 41.4 Å². The number of piperazine rings is 1. The molecule has 4 rings (SSSR count). The number of rotatable bonds is 3. The Morgan fingerprint density at radius 2 is 1.62 bits per heavy atom. The van der Waals surface area contributed by atoms with Crippen LogP contribution in [-0.2, 0) is 9.59 Å². The highest BCUT2D eigenvalue weighted by atomic mass is 35.5. The van der Waals surface area contributed by atoms with Crippen LogP contribution < -0.4 is 4.90 Å². The molecule has 1 saturated heterocycles. The summed E-state index contributed by atoms with van der Waals surface area (Å²) in [5.41, 5.74) is 2.81. The third-order valence-electron chi connectivity index (χ3n) is 5.34. The Bertz CT molecular complexity index is 1030. The lowest BCUT2D eigenvalue weighted by Crippen LogP contribution is -2.46. The quantitative estimate of drug-likeness (QED) is 0.695. The fourth-order valence-electron chi connectivity index (χ4n) is 3.78. The minimum Gasteiger partial charge on any atom is -0.364 e. The number of hydrogen-bond acceptors (Lipinski definition) is 4. The van der Waals surface area contributed by atoms with Gasteiger partial charge >= 0.3 is 0 Å². The van der Waals surface area contributed by atoms with Crippen LogP contribution in [-0.4, -0.2) is 54.8 Å². The second kappa shape index (κ2) is 7.82. The standard InChI is InChI=1S/C22H21Cl2N3O2/c1-14-4-3-5-16(12-14)27-21(28)19(17-7-6-15(23)13-18(17)24)20(22(27)29)26-10-8-25(2)9-11-26/h3-7,12-13H,8-11H2,1-2H3. The molecule has 0 bridgehead atoms. The molecule has 0 saturated carbocycles. The topological polar surface area (TPSA) is 43.9 Å². The zero-order valence-electron chi connectivity index (χ0n) is 16.3. The Morgan fingerprint density at radius 1 is 0.897 bits per heavy atom. The number of carbonyl (C=O) groups excluding carboxylic acids is 2. The van der Waals surface area contributed by atoms with Crippen LogP contribution in [0.25, 0.3) is 5.57 Å².